The average molecular weight is 767 g/mol. The van der Waals surface area contributed by atoms with E-state index in [0.717, 1.165) is 38.2 Å². The molecule has 0 aliphatic carbocycles. The summed E-state index contributed by atoms with van der Waals surface area (Å²) in [6.07, 6.45) is 5.86. The Morgan fingerprint density at radius 2 is 1.39 bits per heavy atom. The van der Waals surface area contributed by atoms with Gasteiger partial charge in [-0.2, -0.15) is 0 Å². The highest BCUT2D eigenvalue weighted by Crippen LogP contribution is 2.48. The third-order valence-electron chi connectivity index (χ3n) is 9.99. The number of hydrogen-bond donors (Lipinski definition) is 5. The molecular weight excluding hydrogens is 714 g/mol. The second kappa shape index (κ2) is 19.1. The van der Waals surface area contributed by atoms with Gasteiger partial charge in [0.2, 0.25) is 23.6 Å². The van der Waals surface area contributed by atoms with Crippen molar-refractivity contribution in [1.82, 2.24) is 21.3 Å². The van der Waals surface area contributed by atoms with E-state index in [4.69, 9.17) is 14.2 Å². The van der Waals surface area contributed by atoms with Gasteiger partial charge in [-0.25, -0.2) is 4.79 Å². The number of nitrogens with one attached hydrogen (secondary N) is 4. The molecule has 2 unspecified atom stereocenters. The average Bonchev–Trinajstić information content (AvgIpc) is 3.19. The molecule has 13 nitrogen and oxygen atoms in total. The zero-order valence-electron chi connectivity index (χ0n) is 32.7. The molecule has 56 heavy (non-hydrogen) atoms. The third kappa shape index (κ3) is 9.46. The van der Waals surface area contributed by atoms with Crippen molar-refractivity contribution >= 4 is 51.1 Å². The van der Waals surface area contributed by atoms with E-state index < -0.39 is 53.8 Å². The molecule has 296 valence electrons. The highest BCUT2D eigenvalue weighted by atomic mass is 16.5. The minimum absolute atomic E-state index is 0.0223. The van der Waals surface area contributed by atoms with Gasteiger partial charge in [0.15, 0.2) is 0 Å². The number of carbonyl (C=O) groups excluding carboxylic acids is 5. The molecule has 4 aromatic carbocycles. The SMILES string of the molecule is COC(=O)C1C/C=C\Cc2cc3ccccc3c(c2OC)-c2c(OC)c(cc3ccccc23)CC(NC(C)=O)C(=O)N[C@@H](C)C(=O)N[C@@H](CCCC[NH3+])C(=O)N1. The van der Waals surface area contributed by atoms with Crippen LogP contribution in [0.4, 0.5) is 0 Å². The fourth-order valence-corrected chi connectivity index (χ4v) is 7.26. The number of allylic oxidation sites excluding steroid dienone is 1. The number of quaternary nitrogens is 1. The number of hydrogen-bond acceptors (Lipinski definition) is 8. The predicted octanol–water partition coefficient (Wildman–Crippen LogP) is 3.29. The summed E-state index contributed by atoms with van der Waals surface area (Å²) in [4.78, 5) is 66.7. The molecule has 0 spiro atoms. The maximum Gasteiger partial charge on any atom is 0.328 e. The standard InChI is InChI=1S/C43H51N5O8/c1-25-40(50)47-33(19-12-13-21-44)41(51)48-34(43(53)56-5)20-11-8-16-29-22-27-14-6-9-17-31(27)36(38(29)54-3)37-32-18-10-7-15-28(32)23-30(39(37)55-4)24-35(42(52)45-25)46-26(2)49/h6-11,14-15,17-18,22-23,25,33-35H,12-13,16,19-21,24,44H2,1-5H3,(H,45,52)(H,46,49)(H,47,50)(H,48,51)/p+1/b11-8-/t25-,33-,34?,35?/m0/s1. The van der Waals surface area contributed by atoms with Gasteiger partial charge in [0.05, 0.1) is 27.9 Å². The van der Waals surface area contributed by atoms with E-state index in [1.54, 1.807) is 14.2 Å². The highest BCUT2D eigenvalue weighted by Gasteiger charge is 2.31. The van der Waals surface area contributed by atoms with Gasteiger partial charge in [0, 0.05) is 24.5 Å². The Balaban J connectivity index is 1.73. The van der Waals surface area contributed by atoms with Crippen LogP contribution < -0.4 is 36.5 Å². The summed E-state index contributed by atoms with van der Waals surface area (Å²) in [5, 5.41) is 14.6. The quantitative estimate of drug-likeness (QED) is 0.103. The van der Waals surface area contributed by atoms with E-state index in [-0.39, 0.29) is 19.3 Å². The fourth-order valence-electron chi connectivity index (χ4n) is 7.26. The molecule has 1 aliphatic rings. The number of fused-ring (bicyclic) bond motifs is 9. The summed E-state index contributed by atoms with van der Waals surface area (Å²) in [6.45, 7) is 3.46. The topological polar surface area (TPSA) is 189 Å². The number of methoxy groups -OCH3 is 3. The number of rotatable bonds is 8. The van der Waals surface area contributed by atoms with Crippen molar-refractivity contribution in [3.05, 3.63) is 83.9 Å². The van der Waals surface area contributed by atoms with E-state index in [9.17, 15) is 24.0 Å². The van der Waals surface area contributed by atoms with Crippen molar-refractivity contribution in [1.29, 1.82) is 0 Å². The summed E-state index contributed by atoms with van der Waals surface area (Å²) < 4.78 is 17.5. The largest absolute Gasteiger partial charge is 0.496 e. The Hall–Kier alpha value is -5.95. The summed E-state index contributed by atoms with van der Waals surface area (Å²) in [7, 11) is 4.43. The van der Waals surface area contributed by atoms with Gasteiger partial charge < -0.3 is 41.2 Å². The first-order valence-corrected chi connectivity index (χ1v) is 18.9. The van der Waals surface area contributed by atoms with E-state index in [1.165, 1.54) is 21.0 Å². The molecule has 4 bridgehead atoms. The van der Waals surface area contributed by atoms with Gasteiger partial charge in [-0.05, 0) is 83.8 Å². The lowest BCUT2D eigenvalue weighted by atomic mass is 9.87. The van der Waals surface area contributed by atoms with E-state index in [0.29, 0.717) is 42.9 Å². The fraction of sp³-hybridized carbons (Fsp3) is 0.372. The number of unbranched alkanes of at least 4 members (excludes halogenated alkanes) is 1. The molecule has 0 saturated heterocycles. The number of carbonyl (C=O) groups is 5. The van der Waals surface area contributed by atoms with Crippen LogP contribution in [-0.4, -0.2) is 81.6 Å². The van der Waals surface area contributed by atoms with Crippen molar-refractivity contribution in [2.24, 2.45) is 0 Å². The van der Waals surface area contributed by atoms with Gasteiger partial charge in [-0.15, -0.1) is 0 Å². The minimum Gasteiger partial charge on any atom is -0.496 e. The molecule has 5 rings (SSSR count). The Bertz CT molecular complexity index is 2130. The van der Waals surface area contributed by atoms with Crippen molar-refractivity contribution in [2.45, 2.75) is 76.5 Å². The van der Waals surface area contributed by atoms with Crippen LogP contribution in [0.15, 0.2) is 72.8 Å². The second-order valence-corrected chi connectivity index (χ2v) is 13.9. The van der Waals surface area contributed by atoms with Crippen molar-refractivity contribution < 1.29 is 43.9 Å². The summed E-state index contributed by atoms with van der Waals surface area (Å²) >= 11 is 0. The maximum atomic E-state index is 14.0. The number of esters is 1. The molecule has 0 aromatic heterocycles. The van der Waals surface area contributed by atoms with Crippen molar-refractivity contribution in [2.75, 3.05) is 27.9 Å². The predicted molar refractivity (Wildman–Crippen MR) is 214 cm³/mol. The van der Waals surface area contributed by atoms with E-state index in [2.05, 4.69) is 33.1 Å². The lowest BCUT2D eigenvalue weighted by molar-refractivity contribution is -0.368. The van der Waals surface area contributed by atoms with Crippen LogP contribution in [0.1, 0.15) is 50.7 Å². The molecule has 13 heteroatoms. The molecule has 0 fully saturated rings. The molecule has 0 radical (unpaired) electrons. The smallest absolute Gasteiger partial charge is 0.328 e. The van der Waals surface area contributed by atoms with Crippen LogP contribution >= 0.6 is 0 Å². The monoisotopic (exact) mass is 766 g/mol. The van der Waals surface area contributed by atoms with Crippen LogP contribution in [0.5, 0.6) is 11.5 Å². The van der Waals surface area contributed by atoms with Gasteiger partial charge in [0.25, 0.3) is 0 Å². The van der Waals surface area contributed by atoms with Crippen LogP contribution in [-0.2, 0) is 41.6 Å². The molecule has 7 N–H and O–H groups in total. The highest BCUT2D eigenvalue weighted by molar-refractivity contribution is 6.11. The maximum absolute atomic E-state index is 14.0. The molecular formula is C43H52N5O8+. The van der Waals surface area contributed by atoms with Gasteiger partial charge in [-0.3, -0.25) is 19.2 Å². The van der Waals surface area contributed by atoms with Gasteiger partial charge in [0.1, 0.15) is 35.7 Å². The lowest BCUT2D eigenvalue weighted by Gasteiger charge is -2.25. The summed E-state index contributed by atoms with van der Waals surface area (Å²) in [5.74, 6) is -1.76. The van der Waals surface area contributed by atoms with Crippen molar-refractivity contribution in [3.63, 3.8) is 0 Å². The first kappa shape index (κ1) is 41.2. The Morgan fingerprint density at radius 3 is 1.98 bits per heavy atom. The molecule has 1 aliphatic heterocycles. The molecule has 4 aromatic rings. The molecule has 4 amide bonds. The zero-order valence-corrected chi connectivity index (χ0v) is 32.7. The molecule has 0 saturated carbocycles. The Morgan fingerprint density at radius 1 is 0.786 bits per heavy atom. The van der Waals surface area contributed by atoms with E-state index in [1.807, 2.05) is 66.7 Å². The van der Waals surface area contributed by atoms with E-state index >= 15 is 0 Å². The summed E-state index contributed by atoms with van der Waals surface area (Å²) in [6, 6.07) is 15.6. The second-order valence-electron chi connectivity index (χ2n) is 13.9. The Labute approximate surface area is 326 Å². The first-order chi connectivity index (χ1) is 27.0. The van der Waals surface area contributed by atoms with Crippen LogP contribution in [0.3, 0.4) is 0 Å². The van der Waals surface area contributed by atoms with Gasteiger partial charge >= 0.3 is 5.97 Å². The van der Waals surface area contributed by atoms with Crippen LogP contribution in [0.2, 0.25) is 0 Å². The third-order valence-corrected chi connectivity index (χ3v) is 9.99. The molecule has 4 atom stereocenters. The first-order valence-electron chi connectivity index (χ1n) is 18.9. The number of ether oxygens (including phenoxy) is 3. The molecule has 1 heterocycles. The number of amides is 4. The van der Waals surface area contributed by atoms with Crippen LogP contribution in [0.25, 0.3) is 32.7 Å². The Kier molecular flexibility index (Phi) is 14.0. The zero-order chi connectivity index (χ0) is 40.4. The van der Waals surface area contributed by atoms with Gasteiger partial charge in [-0.1, -0.05) is 60.7 Å². The lowest BCUT2D eigenvalue weighted by Crippen LogP contribution is -2.57. The number of benzene rings is 4. The van der Waals surface area contributed by atoms with Crippen LogP contribution in [0, 0.1) is 0 Å². The normalized spacial score (nSPS) is 20.1. The van der Waals surface area contributed by atoms with Crippen molar-refractivity contribution in [3.8, 4) is 22.6 Å². The summed E-state index contributed by atoms with van der Waals surface area (Å²) in [5.41, 5.74) is 6.90. The minimum atomic E-state index is -1.10.